The number of nitrogens with zero attached hydrogens (tertiary/aromatic N) is 2. The van der Waals surface area contributed by atoms with Crippen LogP contribution in [0.25, 0.3) is 0 Å². The molecule has 0 aliphatic heterocycles. The Labute approximate surface area is 129 Å². The Balaban J connectivity index is 2.00. The van der Waals surface area contributed by atoms with Gasteiger partial charge in [-0.25, -0.2) is 4.98 Å². The Morgan fingerprint density at radius 2 is 1.95 bits per heavy atom. The molecule has 0 radical (unpaired) electrons. The Morgan fingerprint density at radius 1 is 1.19 bits per heavy atom. The number of hydrogen-bond donors (Lipinski definition) is 2. The van der Waals surface area contributed by atoms with Crippen molar-refractivity contribution < 1.29 is 9.72 Å². The quantitative estimate of drug-likeness (QED) is 0.664. The number of hydrazine groups is 1. The normalized spacial score (nSPS) is 10.0. The highest BCUT2D eigenvalue weighted by molar-refractivity contribution is 6.42. The first-order valence-electron chi connectivity index (χ1n) is 5.59. The molecule has 1 aromatic carbocycles. The summed E-state index contributed by atoms with van der Waals surface area (Å²) in [5.74, 6) is -0.192. The van der Waals surface area contributed by atoms with Gasteiger partial charge in [0.1, 0.15) is 12.0 Å². The van der Waals surface area contributed by atoms with Gasteiger partial charge in [-0.3, -0.25) is 25.8 Å². The lowest BCUT2D eigenvalue weighted by Gasteiger charge is -2.08. The van der Waals surface area contributed by atoms with Crippen molar-refractivity contribution in [2.75, 3.05) is 5.43 Å². The van der Waals surface area contributed by atoms with E-state index in [1.807, 2.05) is 0 Å². The molecule has 1 amide bonds. The van der Waals surface area contributed by atoms with Crippen molar-refractivity contribution in [3.05, 3.63) is 62.3 Å². The number of carbonyl (C=O) groups excluding carboxylic acids is 1. The van der Waals surface area contributed by atoms with Gasteiger partial charge < -0.3 is 0 Å². The highest BCUT2D eigenvalue weighted by atomic mass is 35.5. The number of amides is 1. The second-order valence-corrected chi connectivity index (χ2v) is 4.68. The number of pyridine rings is 1. The fraction of sp³-hybridized carbons (Fsp3) is 0. The van der Waals surface area contributed by atoms with Gasteiger partial charge in [-0.2, -0.15) is 0 Å². The molecule has 108 valence electrons. The molecule has 2 rings (SSSR count). The highest BCUT2D eigenvalue weighted by Crippen LogP contribution is 2.22. The molecule has 0 fully saturated rings. The topological polar surface area (TPSA) is 97.2 Å². The fourth-order valence-electron chi connectivity index (χ4n) is 1.40. The first-order chi connectivity index (χ1) is 9.97. The molecular weight excluding hydrogens is 319 g/mol. The minimum absolute atomic E-state index is 0.142. The summed E-state index contributed by atoms with van der Waals surface area (Å²) in [4.78, 5) is 25.5. The van der Waals surface area contributed by atoms with E-state index in [1.165, 1.54) is 30.3 Å². The van der Waals surface area contributed by atoms with E-state index in [4.69, 9.17) is 23.2 Å². The zero-order chi connectivity index (χ0) is 15.4. The van der Waals surface area contributed by atoms with Crippen LogP contribution >= 0.6 is 23.2 Å². The van der Waals surface area contributed by atoms with Gasteiger partial charge in [-0.1, -0.05) is 23.2 Å². The number of rotatable bonds is 4. The van der Waals surface area contributed by atoms with Crippen LogP contribution in [0, 0.1) is 10.1 Å². The molecule has 9 heteroatoms. The summed E-state index contributed by atoms with van der Waals surface area (Å²) in [6.07, 6.45) is 1.08. The Bertz CT molecular complexity index is 691. The van der Waals surface area contributed by atoms with Crippen molar-refractivity contribution in [2.45, 2.75) is 0 Å². The number of nitro groups is 1. The number of halogens is 2. The summed E-state index contributed by atoms with van der Waals surface area (Å²) < 4.78 is 0. The molecule has 1 heterocycles. The van der Waals surface area contributed by atoms with Crippen LogP contribution in [-0.4, -0.2) is 15.8 Å². The van der Waals surface area contributed by atoms with Crippen molar-refractivity contribution in [3.8, 4) is 0 Å². The fourth-order valence-corrected chi connectivity index (χ4v) is 1.70. The highest BCUT2D eigenvalue weighted by Gasteiger charge is 2.09. The molecule has 0 saturated heterocycles. The van der Waals surface area contributed by atoms with E-state index >= 15 is 0 Å². The lowest BCUT2D eigenvalue weighted by atomic mass is 10.2. The average molecular weight is 327 g/mol. The van der Waals surface area contributed by atoms with Crippen molar-refractivity contribution in [1.82, 2.24) is 10.4 Å². The van der Waals surface area contributed by atoms with Crippen LogP contribution in [0.15, 0.2) is 36.5 Å². The second kappa shape index (κ2) is 6.38. The molecule has 0 aliphatic rings. The molecule has 7 nitrogen and oxygen atoms in total. The molecule has 21 heavy (non-hydrogen) atoms. The van der Waals surface area contributed by atoms with Gasteiger partial charge in [0.25, 0.3) is 11.6 Å². The third-order valence-corrected chi connectivity index (χ3v) is 3.18. The van der Waals surface area contributed by atoms with E-state index < -0.39 is 10.8 Å². The van der Waals surface area contributed by atoms with Crippen LogP contribution in [-0.2, 0) is 0 Å². The van der Waals surface area contributed by atoms with Gasteiger partial charge in [-0.05, 0) is 24.3 Å². The monoisotopic (exact) mass is 326 g/mol. The van der Waals surface area contributed by atoms with Crippen molar-refractivity contribution in [2.24, 2.45) is 0 Å². The third-order valence-electron chi connectivity index (χ3n) is 2.44. The first kappa shape index (κ1) is 15.0. The number of benzene rings is 1. The average Bonchev–Trinajstić information content (AvgIpc) is 2.48. The Hall–Kier alpha value is -2.38. The van der Waals surface area contributed by atoms with Gasteiger partial charge in [-0.15, -0.1) is 0 Å². The van der Waals surface area contributed by atoms with Crippen LogP contribution in [0.4, 0.5) is 11.5 Å². The lowest BCUT2D eigenvalue weighted by molar-refractivity contribution is -0.385. The van der Waals surface area contributed by atoms with Crippen molar-refractivity contribution in [3.63, 3.8) is 0 Å². The molecule has 0 atom stereocenters. The minimum atomic E-state index is -0.564. The van der Waals surface area contributed by atoms with Crippen LogP contribution < -0.4 is 10.9 Å². The molecule has 2 aromatic rings. The van der Waals surface area contributed by atoms with Gasteiger partial charge in [0, 0.05) is 11.6 Å². The zero-order valence-corrected chi connectivity index (χ0v) is 11.9. The van der Waals surface area contributed by atoms with Gasteiger partial charge in [0.05, 0.1) is 15.0 Å². The van der Waals surface area contributed by atoms with Crippen LogP contribution in [0.1, 0.15) is 10.4 Å². The van der Waals surface area contributed by atoms with E-state index in [-0.39, 0.29) is 16.5 Å². The number of hydrogen-bond acceptors (Lipinski definition) is 5. The second-order valence-electron chi connectivity index (χ2n) is 3.87. The standard InChI is InChI=1S/C12H8Cl2N4O3/c13-9-3-1-7(5-10(9)14)12(19)17-16-11-4-2-8(6-15-11)18(20)21/h1-6H,(H,15,16)(H,17,19). The predicted molar refractivity (Wildman–Crippen MR) is 78.4 cm³/mol. The van der Waals surface area contributed by atoms with E-state index in [0.29, 0.717) is 10.6 Å². The molecule has 0 saturated carbocycles. The number of anilines is 1. The summed E-state index contributed by atoms with van der Waals surface area (Å²) >= 11 is 11.6. The SMILES string of the molecule is O=C(NNc1ccc([N+](=O)[O-])cn1)c1ccc(Cl)c(Cl)c1. The van der Waals surface area contributed by atoms with Crippen LogP contribution in [0.5, 0.6) is 0 Å². The molecule has 0 unspecified atom stereocenters. The van der Waals surface area contributed by atoms with Crippen molar-refractivity contribution >= 4 is 40.6 Å². The maximum absolute atomic E-state index is 11.8. The summed E-state index contributed by atoms with van der Waals surface area (Å²) in [5.41, 5.74) is 5.08. The minimum Gasteiger partial charge on any atom is -0.282 e. The van der Waals surface area contributed by atoms with Crippen molar-refractivity contribution in [1.29, 1.82) is 0 Å². The van der Waals surface area contributed by atoms with Crippen LogP contribution in [0.3, 0.4) is 0 Å². The Morgan fingerprint density at radius 3 is 2.52 bits per heavy atom. The van der Waals surface area contributed by atoms with Gasteiger partial charge in [0.15, 0.2) is 0 Å². The molecule has 0 aliphatic carbocycles. The summed E-state index contributed by atoms with van der Waals surface area (Å²) in [5, 5.41) is 11.1. The molecule has 2 N–H and O–H groups in total. The van der Waals surface area contributed by atoms with Gasteiger partial charge >= 0.3 is 0 Å². The van der Waals surface area contributed by atoms with E-state index in [1.54, 1.807) is 0 Å². The van der Waals surface area contributed by atoms with E-state index in [9.17, 15) is 14.9 Å². The summed E-state index contributed by atoms with van der Waals surface area (Å²) in [6, 6.07) is 7.06. The summed E-state index contributed by atoms with van der Waals surface area (Å²) in [6.45, 7) is 0. The van der Waals surface area contributed by atoms with E-state index in [0.717, 1.165) is 6.20 Å². The zero-order valence-electron chi connectivity index (χ0n) is 10.3. The maximum Gasteiger partial charge on any atom is 0.287 e. The predicted octanol–water partition coefficient (Wildman–Crippen LogP) is 3.05. The van der Waals surface area contributed by atoms with Gasteiger partial charge in [0.2, 0.25) is 0 Å². The smallest absolute Gasteiger partial charge is 0.282 e. The molecule has 1 aromatic heterocycles. The number of carbonyl (C=O) groups is 1. The lowest BCUT2D eigenvalue weighted by Crippen LogP contribution is -2.29. The largest absolute Gasteiger partial charge is 0.287 e. The van der Waals surface area contributed by atoms with E-state index in [2.05, 4.69) is 15.8 Å². The third kappa shape index (κ3) is 3.80. The molecular formula is C12H8Cl2N4O3. The van der Waals surface area contributed by atoms with Crippen LogP contribution in [0.2, 0.25) is 10.0 Å². The first-order valence-corrected chi connectivity index (χ1v) is 6.35. The molecule has 0 bridgehead atoms. The maximum atomic E-state index is 11.8. The summed E-state index contributed by atoms with van der Waals surface area (Å²) in [7, 11) is 0. The molecule has 0 spiro atoms. The Kier molecular flexibility index (Phi) is 4.56. The number of aromatic nitrogens is 1. The number of nitrogens with one attached hydrogen (secondary N) is 2.